The minimum atomic E-state index is -4.26. The van der Waals surface area contributed by atoms with Gasteiger partial charge in [-0.05, 0) is 79.5 Å². The molecule has 5 N–H and O–H groups in total. The van der Waals surface area contributed by atoms with Crippen LogP contribution in [0.2, 0.25) is 0 Å². The molecule has 2 saturated carbocycles. The molecule has 8 heterocycles. The summed E-state index contributed by atoms with van der Waals surface area (Å²) in [5, 5.41) is 10.6. The molecule has 2 amide bonds. The number of nitrogens with one attached hydrogen (secondary N) is 3. The van der Waals surface area contributed by atoms with Gasteiger partial charge in [0.15, 0.2) is 0 Å². The molecule has 2 atom stereocenters. The molecule has 6 aromatic rings. The lowest BCUT2D eigenvalue weighted by Crippen LogP contribution is -2.56. The molecule has 2 saturated heterocycles. The molecule has 6 aliphatic rings. The van der Waals surface area contributed by atoms with E-state index < -0.39 is 25.2 Å². The number of benzene rings is 2. The van der Waals surface area contributed by atoms with E-state index in [0.29, 0.717) is 56.5 Å². The maximum Gasteiger partial charge on any atom is 0.393 e. The van der Waals surface area contributed by atoms with E-state index in [9.17, 15) is 40.7 Å². The average Bonchev–Trinajstić information content (AvgIpc) is 4.18. The Kier molecular flexibility index (Phi) is 13.5. The Hall–Kier alpha value is -6.17. The van der Waals surface area contributed by atoms with Crippen LogP contribution in [-0.2, 0) is 41.8 Å². The molecule has 386 valence electrons. The number of methoxy groups -OCH3 is 2. The van der Waals surface area contributed by atoms with Crippen LogP contribution in [0.1, 0.15) is 75.3 Å². The van der Waals surface area contributed by atoms with Gasteiger partial charge in [-0.3, -0.25) is 14.4 Å². The number of hydrogen-bond acceptors (Lipinski definition) is 15. The number of ether oxygens (including phenoxy) is 2. The monoisotopic (exact) mass is 1050 g/mol. The van der Waals surface area contributed by atoms with Crippen LogP contribution in [0.4, 0.5) is 49.4 Å². The molecule has 73 heavy (non-hydrogen) atoms. The number of nitrogens with two attached hydrogens (primary N) is 1. The summed E-state index contributed by atoms with van der Waals surface area (Å²) < 4.78 is 87.4. The first kappa shape index (κ1) is 50.4. The molecule has 2 spiro atoms. The van der Waals surface area contributed by atoms with Crippen molar-refractivity contribution in [3.63, 3.8) is 0 Å². The van der Waals surface area contributed by atoms with Gasteiger partial charge in [0, 0.05) is 82.3 Å². The minimum absolute atomic E-state index is 0.00644. The number of fused-ring (bicyclic) bond motifs is 4. The lowest BCUT2D eigenvalue weighted by atomic mass is 9.78. The van der Waals surface area contributed by atoms with Crippen LogP contribution in [0.25, 0.3) is 20.4 Å². The van der Waals surface area contributed by atoms with E-state index in [1.54, 1.807) is 30.3 Å². The molecule has 0 radical (unpaired) electrons. The lowest BCUT2D eigenvalue weighted by Gasteiger charge is -2.49. The number of carbonyl (C=O) groups excluding carboxylic acids is 3. The number of hydrogen-bond donors (Lipinski definition) is 4. The van der Waals surface area contributed by atoms with Crippen LogP contribution in [0.5, 0.6) is 12.0 Å². The number of halogens is 6. The molecule has 12 rings (SSSR count). The molecule has 2 aromatic carbocycles. The van der Waals surface area contributed by atoms with Gasteiger partial charge in [-0.15, -0.1) is 22.7 Å². The Morgan fingerprint density at radius 3 is 1.73 bits per heavy atom. The first-order chi connectivity index (χ1) is 34.7. The van der Waals surface area contributed by atoms with Gasteiger partial charge in [-0.1, -0.05) is 24.3 Å². The number of amides is 2. The fourth-order valence-corrected chi connectivity index (χ4v) is 13.2. The van der Waals surface area contributed by atoms with Gasteiger partial charge in [-0.2, -0.15) is 46.3 Å². The van der Waals surface area contributed by atoms with Crippen molar-refractivity contribution in [1.29, 1.82) is 0 Å². The zero-order valence-electron chi connectivity index (χ0n) is 39.8. The van der Waals surface area contributed by atoms with Crippen molar-refractivity contribution in [2.24, 2.45) is 16.6 Å². The zero-order valence-corrected chi connectivity index (χ0v) is 41.5. The minimum Gasteiger partial charge on any atom is -0.467 e. The van der Waals surface area contributed by atoms with E-state index in [1.165, 1.54) is 14.2 Å². The summed E-state index contributed by atoms with van der Waals surface area (Å²) in [6, 6.07) is 15.5. The molecule has 23 heteroatoms. The Balaban J connectivity index is 0.000000142. The van der Waals surface area contributed by atoms with E-state index in [4.69, 9.17) is 15.2 Å². The van der Waals surface area contributed by atoms with Crippen molar-refractivity contribution < 1.29 is 50.2 Å². The predicted octanol–water partition coefficient (Wildman–Crippen LogP) is 8.56. The van der Waals surface area contributed by atoms with Crippen LogP contribution < -0.4 is 41.0 Å². The van der Waals surface area contributed by atoms with Crippen LogP contribution in [0, 0.1) is 10.8 Å². The first-order valence-electron chi connectivity index (χ1n) is 23.9. The Bertz CT molecular complexity index is 3100. The number of rotatable bonds is 10. The SMILES string of the molecule is COc1nc(N2CC3(CCC(N)C3)C2)c2cc(CC(F)(F)F)sc2n1.COc1nc(N2CC3(CCC(NCc4ccc5c(c4)NC(=O)C5)C3)C2)c2cc(CC(F)(F)F)sc2n1.O=Cc1ccc2c(c1)NC(=O)C2. The molecule has 15 nitrogen and oxygen atoms in total. The topological polar surface area (TPSA) is 190 Å². The van der Waals surface area contributed by atoms with Crippen LogP contribution in [-0.4, -0.2) is 103 Å². The second-order valence-electron chi connectivity index (χ2n) is 20.0. The molecular weight excluding hydrogens is 999 g/mol. The average molecular weight is 1050 g/mol. The number of alkyl halides is 6. The summed E-state index contributed by atoms with van der Waals surface area (Å²) in [4.78, 5) is 56.1. The predicted molar refractivity (Wildman–Crippen MR) is 266 cm³/mol. The number of carbonyl (C=O) groups is 3. The standard InChI is InChI=1S/C25H26F3N5O2S.C16H19F3N4OS.C9H7NO2/c1-35-23-31-21(18-8-17(10-25(26,27)28)36-22(18)32-23)33-12-24(13-33)5-4-16(9-24)29-11-14-2-3-15-7-20(34)30-19(15)6-14;1-24-14-21-12(23-7-15(8-23)3-2-9(20)5-15)11-4-10(6-16(17,18)19)25-13(11)22-14;11-5-6-1-2-7-4-9(12)10-8(7)3-6/h2-3,6,8,16,29H,4-5,7,9-13H2,1H3,(H,30,34);4,9H,2-3,5-8,20H2,1H3;1-3,5H,4H2,(H,10,12). The maximum absolute atomic E-state index is 12.9. The molecule has 2 aliphatic carbocycles. The fourth-order valence-electron chi connectivity index (χ4n) is 11.1. The van der Waals surface area contributed by atoms with Gasteiger partial charge in [0.25, 0.3) is 0 Å². The summed E-state index contributed by atoms with van der Waals surface area (Å²) >= 11 is 2.09. The third kappa shape index (κ3) is 11.2. The Morgan fingerprint density at radius 2 is 1.23 bits per heavy atom. The third-order valence-electron chi connectivity index (χ3n) is 14.4. The van der Waals surface area contributed by atoms with Gasteiger partial charge in [0.05, 0.1) is 50.7 Å². The lowest BCUT2D eigenvalue weighted by molar-refractivity contribution is -0.127. The highest BCUT2D eigenvalue weighted by Crippen LogP contribution is 2.50. The summed E-state index contributed by atoms with van der Waals surface area (Å²) in [6.07, 6.45) is -2.44. The van der Waals surface area contributed by atoms with E-state index in [2.05, 4.69) is 51.8 Å². The smallest absolute Gasteiger partial charge is 0.393 e. The highest BCUT2D eigenvalue weighted by Gasteiger charge is 2.50. The molecule has 4 fully saturated rings. The second kappa shape index (κ2) is 19.6. The summed E-state index contributed by atoms with van der Waals surface area (Å²) in [6.45, 7) is 4.04. The zero-order chi connectivity index (χ0) is 51.5. The molecular formula is C50H52F6N10O5S2. The van der Waals surface area contributed by atoms with E-state index >= 15 is 0 Å². The van der Waals surface area contributed by atoms with Crippen molar-refractivity contribution in [3.8, 4) is 12.0 Å². The molecule has 4 aliphatic heterocycles. The summed E-state index contributed by atoms with van der Waals surface area (Å²) in [5.74, 6) is 1.36. The van der Waals surface area contributed by atoms with Crippen LogP contribution >= 0.6 is 22.7 Å². The number of aromatic nitrogens is 4. The number of nitrogens with zero attached hydrogens (tertiary/aromatic N) is 6. The van der Waals surface area contributed by atoms with Crippen molar-refractivity contribution in [2.45, 2.75) is 95.2 Å². The molecule has 0 bridgehead atoms. The third-order valence-corrected chi connectivity index (χ3v) is 16.4. The van der Waals surface area contributed by atoms with Gasteiger partial charge >= 0.3 is 24.4 Å². The maximum atomic E-state index is 12.9. The van der Waals surface area contributed by atoms with Gasteiger partial charge in [0.2, 0.25) is 11.8 Å². The largest absolute Gasteiger partial charge is 0.467 e. The number of thiophene rings is 2. The molecule has 4 aromatic heterocycles. The van der Waals surface area contributed by atoms with E-state index in [1.807, 2.05) is 12.1 Å². The fraction of sp³-hybridized carbons (Fsp3) is 0.460. The number of anilines is 4. The van der Waals surface area contributed by atoms with Crippen molar-refractivity contribution in [1.82, 2.24) is 25.3 Å². The van der Waals surface area contributed by atoms with Gasteiger partial charge in [0.1, 0.15) is 27.6 Å². The Morgan fingerprint density at radius 1 is 0.726 bits per heavy atom. The van der Waals surface area contributed by atoms with Gasteiger partial charge in [-0.25, -0.2) is 0 Å². The van der Waals surface area contributed by atoms with Gasteiger partial charge < -0.3 is 41.0 Å². The quantitative estimate of drug-likeness (QED) is 0.0755. The van der Waals surface area contributed by atoms with Crippen molar-refractivity contribution in [3.05, 3.63) is 80.5 Å². The summed E-state index contributed by atoms with van der Waals surface area (Å²) in [5.41, 5.74) is 11.9. The van der Waals surface area contributed by atoms with E-state index in [0.717, 1.165) is 128 Å². The highest BCUT2D eigenvalue weighted by molar-refractivity contribution is 7.19. The van der Waals surface area contributed by atoms with Crippen molar-refractivity contribution >= 4 is 84.2 Å². The number of aldehydes is 1. The Labute approximate surface area is 423 Å². The van der Waals surface area contributed by atoms with Crippen LogP contribution in [0.3, 0.4) is 0 Å². The van der Waals surface area contributed by atoms with Crippen molar-refractivity contribution in [2.75, 3.05) is 60.8 Å². The second-order valence-corrected chi connectivity index (χ2v) is 22.3. The highest BCUT2D eigenvalue weighted by atomic mass is 32.1. The van der Waals surface area contributed by atoms with Crippen LogP contribution in [0.15, 0.2) is 48.5 Å². The first-order valence-corrected chi connectivity index (χ1v) is 25.5. The normalized spacial score (nSPS) is 20.2. The summed E-state index contributed by atoms with van der Waals surface area (Å²) in [7, 11) is 2.93. The van der Waals surface area contributed by atoms with E-state index in [-0.39, 0.29) is 50.5 Å². The molecule has 2 unspecified atom stereocenters.